The van der Waals surface area contributed by atoms with Gasteiger partial charge in [0.25, 0.3) is 0 Å². The molecule has 3 atom stereocenters. The Morgan fingerprint density at radius 3 is 2.58 bits per heavy atom. The Labute approximate surface area is 200 Å². The lowest BCUT2D eigenvalue weighted by molar-refractivity contribution is 0.128. The second-order valence-electron chi connectivity index (χ2n) is 8.92. The molecule has 3 unspecified atom stereocenters. The number of alkyl carbamates (subject to hydrolysis) is 1. The Kier molecular flexibility index (Phi) is 8.09. The van der Waals surface area contributed by atoms with Gasteiger partial charge in [-0.3, -0.25) is 0 Å². The minimum absolute atomic E-state index is 0.0581. The molecule has 1 heterocycles. The highest BCUT2D eigenvalue weighted by Gasteiger charge is 2.30. The van der Waals surface area contributed by atoms with E-state index in [0.29, 0.717) is 16.6 Å². The van der Waals surface area contributed by atoms with Crippen molar-refractivity contribution < 1.29 is 9.53 Å². The molecular weight excluding hydrogens is 436 g/mol. The molecule has 0 bridgehead atoms. The van der Waals surface area contributed by atoms with Crippen molar-refractivity contribution in [1.82, 2.24) is 10.6 Å². The van der Waals surface area contributed by atoms with Gasteiger partial charge < -0.3 is 20.3 Å². The van der Waals surface area contributed by atoms with E-state index in [0.717, 1.165) is 62.9 Å². The van der Waals surface area contributed by atoms with E-state index in [1.807, 2.05) is 42.5 Å². The topological polar surface area (TPSA) is 77.4 Å². The number of rotatable bonds is 6. The van der Waals surface area contributed by atoms with Crippen LogP contribution in [0.2, 0.25) is 5.02 Å². The molecule has 1 saturated carbocycles. The van der Waals surface area contributed by atoms with Gasteiger partial charge in [-0.1, -0.05) is 42.6 Å². The molecule has 33 heavy (non-hydrogen) atoms. The van der Waals surface area contributed by atoms with Gasteiger partial charge in [0.05, 0.1) is 11.6 Å². The zero-order valence-corrected chi connectivity index (χ0v) is 19.6. The number of amides is 1. The van der Waals surface area contributed by atoms with Crippen LogP contribution in [0.3, 0.4) is 0 Å². The number of hydrogen-bond acceptors (Lipinski definition) is 5. The Morgan fingerprint density at radius 1 is 1.06 bits per heavy atom. The molecule has 6 nitrogen and oxygen atoms in total. The van der Waals surface area contributed by atoms with Crippen LogP contribution in [0.1, 0.15) is 49.7 Å². The molecule has 1 amide bonds. The molecule has 1 aliphatic heterocycles. The lowest BCUT2D eigenvalue weighted by Crippen LogP contribution is -2.57. The number of halogens is 1. The number of nitrogens with zero attached hydrogens (tertiary/aromatic N) is 2. The van der Waals surface area contributed by atoms with Crippen LogP contribution in [-0.2, 0) is 11.3 Å². The van der Waals surface area contributed by atoms with Crippen LogP contribution in [0.25, 0.3) is 0 Å². The first kappa shape index (κ1) is 23.4. The van der Waals surface area contributed by atoms with Gasteiger partial charge in [-0.2, -0.15) is 5.26 Å². The number of nitriles is 1. The molecule has 2 fully saturated rings. The third kappa shape index (κ3) is 6.40. The molecule has 4 rings (SSSR count). The molecule has 1 saturated heterocycles. The van der Waals surface area contributed by atoms with E-state index in [-0.39, 0.29) is 18.7 Å². The molecule has 0 spiro atoms. The van der Waals surface area contributed by atoms with Crippen molar-refractivity contribution in [3.63, 3.8) is 0 Å². The van der Waals surface area contributed by atoms with Crippen molar-refractivity contribution in [3.05, 3.63) is 64.7 Å². The zero-order valence-electron chi connectivity index (χ0n) is 18.8. The lowest BCUT2D eigenvalue weighted by atomic mass is 9.89. The quantitative estimate of drug-likeness (QED) is 0.625. The van der Waals surface area contributed by atoms with E-state index in [2.05, 4.69) is 21.6 Å². The van der Waals surface area contributed by atoms with Crippen molar-refractivity contribution in [1.29, 1.82) is 5.26 Å². The molecule has 0 radical (unpaired) electrons. The first-order valence-corrected chi connectivity index (χ1v) is 12.2. The monoisotopic (exact) mass is 466 g/mol. The standard InChI is InChI=1S/C26H31ClN4O2/c27-23-8-2-1-6-20(23)18-33-26(32)30-25-10-4-3-9-24(25)29-21-7-5-15-31(17-21)22-13-11-19(16-28)12-14-22/h1-2,6,8,11-14,21,24-25,29H,3-5,7,9-10,15,17-18H2,(H,30,32). The highest BCUT2D eigenvalue weighted by molar-refractivity contribution is 6.31. The SMILES string of the molecule is N#Cc1ccc(N2CCCC(NC3CCCCC3NC(=O)OCc3ccccc3Cl)C2)cc1. The molecule has 2 aromatic carbocycles. The highest BCUT2D eigenvalue weighted by Crippen LogP contribution is 2.24. The van der Waals surface area contributed by atoms with E-state index >= 15 is 0 Å². The van der Waals surface area contributed by atoms with Crippen LogP contribution in [-0.4, -0.2) is 37.3 Å². The molecule has 2 aliphatic rings. The van der Waals surface area contributed by atoms with E-state index in [1.54, 1.807) is 6.07 Å². The first-order valence-electron chi connectivity index (χ1n) is 11.8. The summed E-state index contributed by atoms with van der Waals surface area (Å²) in [5.41, 5.74) is 2.64. The predicted molar refractivity (Wildman–Crippen MR) is 130 cm³/mol. The highest BCUT2D eigenvalue weighted by atomic mass is 35.5. The number of anilines is 1. The normalized spacial score (nSPS) is 22.9. The Balaban J connectivity index is 1.30. The largest absolute Gasteiger partial charge is 0.445 e. The average Bonchev–Trinajstić information content (AvgIpc) is 2.85. The average molecular weight is 467 g/mol. The van der Waals surface area contributed by atoms with Crippen molar-refractivity contribution in [2.75, 3.05) is 18.0 Å². The van der Waals surface area contributed by atoms with E-state index in [1.165, 1.54) is 0 Å². The van der Waals surface area contributed by atoms with Gasteiger partial charge in [-0.15, -0.1) is 0 Å². The van der Waals surface area contributed by atoms with Gasteiger partial charge in [0.1, 0.15) is 6.61 Å². The summed E-state index contributed by atoms with van der Waals surface area (Å²) in [5, 5.41) is 16.6. The zero-order chi connectivity index (χ0) is 23.0. The van der Waals surface area contributed by atoms with Gasteiger partial charge in [-0.05, 0) is 56.0 Å². The fourth-order valence-electron chi connectivity index (χ4n) is 4.85. The van der Waals surface area contributed by atoms with Crippen LogP contribution < -0.4 is 15.5 Å². The molecule has 0 aromatic heterocycles. The fraction of sp³-hybridized carbons (Fsp3) is 0.462. The number of benzene rings is 2. The number of hydrogen-bond donors (Lipinski definition) is 2. The second-order valence-corrected chi connectivity index (χ2v) is 9.33. The summed E-state index contributed by atoms with van der Waals surface area (Å²) in [6.45, 7) is 2.11. The van der Waals surface area contributed by atoms with Crippen LogP contribution >= 0.6 is 11.6 Å². The van der Waals surface area contributed by atoms with E-state index < -0.39 is 6.09 Å². The molecule has 1 aliphatic carbocycles. The van der Waals surface area contributed by atoms with Crippen LogP contribution in [0.5, 0.6) is 0 Å². The summed E-state index contributed by atoms with van der Waals surface area (Å²) < 4.78 is 5.45. The third-order valence-electron chi connectivity index (χ3n) is 6.62. The van der Waals surface area contributed by atoms with Gasteiger partial charge in [0, 0.05) is 47.5 Å². The van der Waals surface area contributed by atoms with Crippen LogP contribution in [0, 0.1) is 11.3 Å². The summed E-state index contributed by atoms with van der Waals surface area (Å²) in [6, 6.07) is 18.0. The first-order chi connectivity index (χ1) is 16.1. The molecule has 2 N–H and O–H groups in total. The smallest absolute Gasteiger partial charge is 0.407 e. The number of nitrogens with one attached hydrogen (secondary N) is 2. The molecule has 174 valence electrons. The minimum Gasteiger partial charge on any atom is -0.445 e. The van der Waals surface area contributed by atoms with Crippen molar-refractivity contribution in [3.8, 4) is 6.07 Å². The number of piperidine rings is 1. The summed E-state index contributed by atoms with van der Waals surface area (Å²) in [4.78, 5) is 14.9. The maximum Gasteiger partial charge on any atom is 0.407 e. The molecular formula is C26H31ClN4O2. The maximum atomic E-state index is 12.5. The lowest BCUT2D eigenvalue weighted by Gasteiger charge is -2.40. The second kappa shape index (κ2) is 11.4. The van der Waals surface area contributed by atoms with Crippen molar-refractivity contribution in [2.45, 2.75) is 63.3 Å². The van der Waals surface area contributed by atoms with Crippen molar-refractivity contribution >= 4 is 23.4 Å². The van der Waals surface area contributed by atoms with Gasteiger partial charge in [0.15, 0.2) is 0 Å². The predicted octanol–water partition coefficient (Wildman–Crippen LogP) is 5.01. The molecule has 2 aromatic rings. The third-order valence-corrected chi connectivity index (χ3v) is 6.99. The van der Waals surface area contributed by atoms with Gasteiger partial charge in [-0.25, -0.2) is 4.79 Å². The van der Waals surface area contributed by atoms with Crippen LogP contribution in [0.4, 0.5) is 10.5 Å². The number of carbonyl (C=O) groups is 1. The van der Waals surface area contributed by atoms with Gasteiger partial charge in [0.2, 0.25) is 0 Å². The summed E-state index contributed by atoms with van der Waals surface area (Å²) in [6.07, 6.45) is 6.10. The Morgan fingerprint density at radius 2 is 1.82 bits per heavy atom. The Bertz CT molecular complexity index is 975. The summed E-state index contributed by atoms with van der Waals surface area (Å²) >= 11 is 6.16. The van der Waals surface area contributed by atoms with E-state index in [9.17, 15) is 4.79 Å². The fourth-order valence-corrected chi connectivity index (χ4v) is 5.04. The van der Waals surface area contributed by atoms with Crippen LogP contribution in [0.15, 0.2) is 48.5 Å². The summed E-state index contributed by atoms with van der Waals surface area (Å²) in [7, 11) is 0. The van der Waals surface area contributed by atoms with E-state index in [4.69, 9.17) is 21.6 Å². The Hall–Kier alpha value is -2.75. The number of carbonyl (C=O) groups excluding carboxylic acids is 1. The van der Waals surface area contributed by atoms with Gasteiger partial charge >= 0.3 is 6.09 Å². The molecule has 7 heteroatoms. The maximum absolute atomic E-state index is 12.5. The summed E-state index contributed by atoms with van der Waals surface area (Å²) in [5.74, 6) is 0. The van der Waals surface area contributed by atoms with Crippen molar-refractivity contribution in [2.24, 2.45) is 0 Å². The minimum atomic E-state index is -0.392. The number of ether oxygens (including phenoxy) is 1.